The standard InChI is InChI=1S/C12H14FN3OS/c1-16-11(14-12(17)3-2-5-13)7-10(15-16)9-4-6-18-8-9/h4,6-8H,2-3,5H2,1H3,(H,14,17). The van der Waals surface area contributed by atoms with Gasteiger partial charge in [0.05, 0.1) is 12.4 Å². The topological polar surface area (TPSA) is 46.9 Å². The summed E-state index contributed by atoms with van der Waals surface area (Å²) in [5.41, 5.74) is 1.85. The summed E-state index contributed by atoms with van der Waals surface area (Å²) >= 11 is 1.60. The number of carbonyl (C=O) groups excluding carboxylic acids is 1. The second-order valence-corrected chi connectivity index (χ2v) is 4.67. The van der Waals surface area contributed by atoms with Crippen LogP contribution in [0.2, 0.25) is 0 Å². The van der Waals surface area contributed by atoms with E-state index in [9.17, 15) is 9.18 Å². The zero-order chi connectivity index (χ0) is 13.0. The lowest BCUT2D eigenvalue weighted by molar-refractivity contribution is -0.116. The molecule has 0 aromatic carbocycles. The van der Waals surface area contributed by atoms with E-state index in [1.54, 1.807) is 23.1 Å². The number of hydrogen-bond donors (Lipinski definition) is 1. The number of aryl methyl sites for hydroxylation is 1. The van der Waals surface area contributed by atoms with Gasteiger partial charge in [-0.05, 0) is 17.9 Å². The number of halogens is 1. The van der Waals surface area contributed by atoms with Crippen LogP contribution in [-0.2, 0) is 11.8 Å². The number of carbonyl (C=O) groups is 1. The number of thiophene rings is 1. The van der Waals surface area contributed by atoms with Gasteiger partial charge in [0, 0.05) is 30.5 Å². The molecule has 1 amide bonds. The van der Waals surface area contributed by atoms with Crippen molar-refractivity contribution in [2.24, 2.45) is 7.05 Å². The van der Waals surface area contributed by atoms with Crippen LogP contribution in [0.4, 0.5) is 10.2 Å². The number of hydrogen-bond acceptors (Lipinski definition) is 3. The number of nitrogens with one attached hydrogen (secondary N) is 1. The lowest BCUT2D eigenvalue weighted by Crippen LogP contribution is -2.14. The van der Waals surface area contributed by atoms with Crippen LogP contribution in [0.1, 0.15) is 12.8 Å². The van der Waals surface area contributed by atoms with Crippen molar-refractivity contribution in [3.63, 3.8) is 0 Å². The molecule has 4 nitrogen and oxygen atoms in total. The van der Waals surface area contributed by atoms with E-state index in [-0.39, 0.29) is 18.7 Å². The Kier molecular flexibility index (Phi) is 4.09. The first kappa shape index (κ1) is 12.8. The normalized spacial score (nSPS) is 10.6. The molecule has 0 saturated heterocycles. The molecule has 2 rings (SSSR count). The maximum absolute atomic E-state index is 12.0. The van der Waals surface area contributed by atoms with Crippen LogP contribution in [0.25, 0.3) is 11.3 Å². The monoisotopic (exact) mass is 267 g/mol. The van der Waals surface area contributed by atoms with Gasteiger partial charge in [0.1, 0.15) is 5.82 Å². The van der Waals surface area contributed by atoms with E-state index in [2.05, 4.69) is 10.4 Å². The number of anilines is 1. The third kappa shape index (κ3) is 2.95. The lowest BCUT2D eigenvalue weighted by atomic mass is 10.2. The van der Waals surface area contributed by atoms with Gasteiger partial charge in [0.15, 0.2) is 0 Å². The van der Waals surface area contributed by atoms with E-state index in [0.29, 0.717) is 5.82 Å². The Labute approximate surface area is 108 Å². The molecule has 1 N–H and O–H groups in total. The lowest BCUT2D eigenvalue weighted by Gasteiger charge is -2.03. The van der Waals surface area contributed by atoms with Gasteiger partial charge >= 0.3 is 0 Å². The van der Waals surface area contributed by atoms with Gasteiger partial charge in [0.25, 0.3) is 0 Å². The van der Waals surface area contributed by atoms with Crippen LogP contribution >= 0.6 is 11.3 Å². The van der Waals surface area contributed by atoms with Gasteiger partial charge in [-0.2, -0.15) is 16.4 Å². The summed E-state index contributed by atoms with van der Waals surface area (Å²) in [4.78, 5) is 11.5. The molecule has 2 aromatic rings. The Bertz CT molecular complexity index is 521. The average molecular weight is 267 g/mol. The third-order valence-corrected chi connectivity index (χ3v) is 3.18. The molecule has 2 heterocycles. The van der Waals surface area contributed by atoms with E-state index < -0.39 is 6.67 Å². The maximum atomic E-state index is 12.0. The van der Waals surface area contributed by atoms with Gasteiger partial charge in [-0.15, -0.1) is 0 Å². The fourth-order valence-corrected chi connectivity index (χ4v) is 2.22. The molecule has 0 atom stereocenters. The predicted octanol–water partition coefficient (Wildman–Crippen LogP) is 2.84. The molecule has 0 aliphatic rings. The molecule has 96 valence electrons. The van der Waals surface area contributed by atoms with E-state index in [1.165, 1.54) is 0 Å². The number of rotatable bonds is 5. The van der Waals surface area contributed by atoms with Gasteiger partial charge in [-0.25, -0.2) is 0 Å². The highest BCUT2D eigenvalue weighted by atomic mass is 32.1. The van der Waals surface area contributed by atoms with Crippen LogP contribution in [0, 0.1) is 0 Å². The predicted molar refractivity (Wildman–Crippen MR) is 70.4 cm³/mol. The molecule has 0 radical (unpaired) electrons. The molecule has 0 saturated carbocycles. The van der Waals surface area contributed by atoms with Crippen molar-refractivity contribution in [3.05, 3.63) is 22.9 Å². The van der Waals surface area contributed by atoms with Gasteiger partial charge in [-0.3, -0.25) is 13.9 Å². The molecular formula is C12H14FN3OS. The van der Waals surface area contributed by atoms with E-state index in [1.807, 2.05) is 22.9 Å². The highest BCUT2D eigenvalue weighted by molar-refractivity contribution is 7.08. The fourth-order valence-electron chi connectivity index (χ4n) is 1.57. The molecule has 0 unspecified atom stereocenters. The van der Waals surface area contributed by atoms with Gasteiger partial charge < -0.3 is 5.32 Å². The average Bonchev–Trinajstić information content (AvgIpc) is 2.97. The van der Waals surface area contributed by atoms with Crippen molar-refractivity contribution in [3.8, 4) is 11.3 Å². The zero-order valence-electron chi connectivity index (χ0n) is 10.0. The van der Waals surface area contributed by atoms with Crippen LogP contribution in [0.5, 0.6) is 0 Å². The minimum atomic E-state index is -0.473. The molecule has 0 aliphatic carbocycles. The second-order valence-electron chi connectivity index (χ2n) is 3.89. The second kappa shape index (κ2) is 5.77. The van der Waals surface area contributed by atoms with E-state index in [0.717, 1.165) is 11.3 Å². The SMILES string of the molecule is Cn1nc(-c2ccsc2)cc1NC(=O)CCCF. The van der Waals surface area contributed by atoms with E-state index >= 15 is 0 Å². The number of nitrogens with zero attached hydrogens (tertiary/aromatic N) is 2. The first-order chi connectivity index (χ1) is 8.70. The summed E-state index contributed by atoms with van der Waals surface area (Å²) in [7, 11) is 1.76. The summed E-state index contributed by atoms with van der Waals surface area (Å²) in [5, 5.41) is 11.0. The Hall–Kier alpha value is -1.69. The van der Waals surface area contributed by atoms with Crippen molar-refractivity contribution in [2.75, 3.05) is 12.0 Å². The van der Waals surface area contributed by atoms with Crippen molar-refractivity contribution in [2.45, 2.75) is 12.8 Å². The van der Waals surface area contributed by atoms with Crippen molar-refractivity contribution >= 4 is 23.1 Å². The molecule has 0 bridgehead atoms. The Balaban J connectivity index is 2.08. The smallest absolute Gasteiger partial charge is 0.225 e. The Morgan fingerprint density at radius 2 is 2.44 bits per heavy atom. The first-order valence-electron chi connectivity index (χ1n) is 5.63. The minimum absolute atomic E-state index is 0.187. The highest BCUT2D eigenvalue weighted by Crippen LogP contribution is 2.23. The fraction of sp³-hybridized carbons (Fsp3) is 0.333. The molecule has 2 aromatic heterocycles. The summed E-state index contributed by atoms with van der Waals surface area (Å²) in [6.07, 6.45) is 0.441. The molecule has 0 aliphatic heterocycles. The number of amides is 1. The van der Waals surface area contributed by atoms with Crippen molar-refractivity contribution in [1.82, 2.24) is 9.78 Å². The molecule has 18 heavy (non-hydrogen) atoms. The van der Waals surface area contributed by atoms with E-state index in [4.69, 9.17) is 0 Å². The number of alkyl halides is 1. The summed E-state index contributed by atoms with van der Waals surface area (Å²) in [6.45, 7) is -0.473. The van der Waals surface area contributed by atoms with Crippen molar-refractivity contribution < 1.29 is 9.18 Å². The van der Waals surface area contributed by atoms with Gasteiger partial charge in [0.2, 0.25) is 5.91 Å². The van der Waals surface area contributed by atoms with Crippen LogP contribution < -0.4 is 5.32 Å². The zero-order valence-corrected chi connectivity index (χ0v) is 10.8. The molecule has 0 spiro atoms. The molecule has 6 heteroatoms. The Morgan fingerprint density at radius 3 is 3.11 bits per heavy atom. The number of aromatic nitrogens is 2. The third-order valence-electron chi connectivity index (χ3n) is 2.50. The van der Waals surface area contributed by atoms with Crippen LogP contribution in [-0.4, -0.2) is 22.4 Å². The summed E-state index contributed by atoms with van der Waals surface area (Å²) < 4.78 is 13.6. The summed E-state index contributed by atoms with van der Waals surface area (Å²) in [6, 6.07) is 3.79. The Morgan fingerprint density at radius 1 is 1.61 bits per heavy atom. The minimum Gasteiger partial charge on any atom is -0.311 e. The van der Waals surface area contributed by atoms with Crippen LogP contribution in [0.15, 0.2) is 22.9 Å². The highest BCUT2D eigenvalue weighted by Gasteiger charge is 2.10. The van der Waals surface area contributed by atoms with Crippen LogP contribution in [0.3, 0.4) is 0 Å². The quantitative estimate of drug-likeness (QED) is 0.905. The largest absolute Gasteiger partial charge is 0.311 e. The van der Waals surface area contributed by atoms with Gasteiger partial charge in [-0.1, -0.05) is 0 Å². The first-order valence-corrected chi connectivity index (χ1v) is 6.57. The summed E-state index contributed by atoms with van der Waals surface area (Å²) in [5.74, 6) is 0.438. The van der Waals surface area contributed by atoms with Crippen molar-refractivity contribution in [1.29, 1.82) is 0 Å². The molecular weight excluding hydrogens is 253 g/mol. The molecule has 0 fully saturated rings. The maximum Gasteiger partial charge on any atom is 0.225 e.